The number of amides is 3. The highest BCUT2D eigenvalue weighted by molar-refractivity contribution is 6.31. The summed E-state index contributed by atoms with van der Waals surface area (Å²) in [6.07, 6.45) is 2.75. The van der Waals surface area contributed by atoms with Gasteiger partial charge in [0, 0.05) is 41.3 Å². The summed E-state index contributed by atoms with van der Waals surface area (Å²) >= 11 is 6.09. The third-order valence-electron chi connectivity index (χ3n) is 5.11. The van der Waals surface area contributed by atoms with Crippen molar-refractivity contribution in [2.45, 2.75) is 25.8 Å². The Morgan fingerprint density at radius 1 is 1.20 bits per heavy atom. The predicted octanol–water partition coefficient (Wildman–Crippen LogP) is 3.24. The first-order valence-electron chi connectivity index (χ1n) is 9.66. The zero-order chi connectivity index (χ0) is 21.3. The molecule has 2 aromatic carbocycles. The minimum Gasteiger partial charge on any atom is -0.361 e. The lowest BCUT2D eigenvalue weighted by Gasteiger charge is -2.16. The molecule has 1 atom stereocenters. The number of aromatic nitrogens is 1. The summed E-state index contributed by atoms with van der Waals surface area (Å²) in [5.41, 5.74) is 3.21. The molecule has 0 bridgehead atoms. The topological polar surface area (TPSA) is 94.3 Å². The van der Waals surface area contributed by atoms with E-state index in [1.54, 1.807) is 24.3 Å². The van der Waals surface area contributed by atoms with Gasteiger partial charge in [0.1, 0.15) is 0 Å². The minimum atomic E-state index is -0.554. The van der Waals surface area contributed by atoms with Crippen LogP contribution in [0.4, 0.5) is 11.4 Å². The molecule has 3 aromatic rings. The van der Waals surface area contributed by atoms with Crippen LogP contribution < -0.4 is 15.5 Å². The van der Waals surface area contributed by atoms with Crippen molar-refractivity contribution >= 4 is 51.6 Å². The highest BCUT2D eigenvalue weighted by Crippen LogP contribution is 2.25. The van der Waals surface area contributed by atoms with Gasteiger partial charge in [-0.25, -0.2) is 4.90 Å². The molecule has 2 heterocycles. The molecular formula is C22H21ClN4O3. The molecule has 7 nitrogen and oxygen atoms in total. The Hall–Kier alpha value is -3.16. The van der Waals surface area contributed by atoms with Crippen LogP contribution in [0.1, 0.15) is 18.9 Å². The van der Waals surface area contributed by atoms with Crippen LogP contribution in [0.25, 0.3) is 10.9 Å². The molecule has 1 saturated heterocycles. The van der Waals surface area contributed by atoms with E-state index in [0.29, 0.717) is 29.4 Å². The van der Waals surface area contributed by atoms with E-state index in [0.717, 1.165) is 16.5 Å². The number of aromatic amines is 1. The molecule has 4 rings (SSSR count). The van der Waals surface area contributed by atoms with Gasteiger partial charge >= 0.3 is 0 Å². The van der Waals surface area contributed by atoms with Crippen LogP contribution in [-0.2, 0) is 20.8 Å². The largest absolute Gasteiger partial charge is 0.361 e. The molecule has 0 aliphatic carbocycles. The fourth-order valence-corrected chi connectivity index (χ4v) is 3.87. The van der Waals surface area contributed by atoms with Crippen LogP contribution >= 0.6 is 11.6 Å². The van der Waals surface area contributed by atoms with Crippen molar-refractivity contribution in [2.75, 3.05) is 16.8 Å². The average molecular weight is 425 g/mol. The zero-order valence-corrected chi connectivity index (χ0v) is 17.1. The number of anilines is 2. The molecule has 30 heavy (non-hydrogen) atoms. The van der Waals surface area contributed by atoms with Gasteiger partial charge in [-0.05, 0) is 54.4 Å². The van der Waals surface area contributed by atoms with Gasteiger partial charge in [-0.3, -0.25) is 14.4 Å². The number of hydrogen-bond donors (Lipinski definition) is 3. The lowest BCUT2D eigenvalue weighted by molar-refractivity contribution is -0.121. The fraction of sp³-hybridized carbons (Fsp3) is 0.227. The maximum absolute atomic E-state index is 12.8. The predicted molar refractivity (Wildman–Crippen MR) is 117 cm³/mol. The van der Waals surface area contributed by atoms with Gasteiger partial charge in [0.2, 0.25) is 11.8 Å². The zero-order valence-electron chi connectivity index (χ0n) is 16.4. The summed E-state index contributed by atoms with van der Waals surface area (Å²) in [7, 11) is 0. The number of halogens is 1. The van der Waals surface area contributed by atoms with Crippen LogP contribution in [0.5, 0.6) is 0 Å². The van der Waals surface area contributed by atoms with Crippen molar-refractivity contribution in [3.63, 3.8) is 0 Å². The molecule has 154 valence electrons. The van der Waals surface area contributed by atoms with E-state index in [4.69, 9.17) is 11.6 Å². The molecule has 0 saturated carbocycles. The van der Waals surface area contributed by atoms with E-state index >= 15 is 0 Å². The number of benzene rings is 2. The van der Waals surface area contributed by atoms with Gasteiger partial charge in [-0.2, -0.15) is 0 Å². The van der Waals surface area contributed by atoms with E-state index in [1.807, 2.05) is 24.4 Å². The number of imide groups is 1. The Bertz CT molecular complexity index is 1120. The van der Waals surface area contributed by atoms with Crippen molar-refractivity contribution in [3.05, 3.63) is 59.2 Å². The molecule has 0 unspecified atom stereocenters. The summed E-state index contributed by atoms with van der Waals surface area (Å²) in [6, 6.07) is 11.8. The molecule has 0 radical (unpaired) electrons. The number of rotatable bonds is 6. The van der Waals surface area contributed by atoms with Gasteiger partial charge < -0.3 is 15.6 Å². The van der Waals surface area contributed by atoms with Crippen molar-refractivity contribution in [3.8, 4) is 0 Å². The Morgan fingerprint density at radius 3 is 2.70 bits per heavy atom. The summed E-state index contributed by atoms with van der Waals surface area (Å²) in [5, 5.41) is 7.59. The minimum absolute atomic E-state index is 0.117. The second kappa shape index (κ2) is 8.30. The molecule has 1 aliphatic rings. The van der Waals surface area contributed by atoms with Crippen LogP contribution in [0, 0.1) is 0 Å². The molecule has 3 amide bonds. The van der Waals surface area contributed by atoms with Crippen LogP contribution in [0.3, 0.4) is 0 Å². The van der Waals surface area contributed by atoms with E-state index < -0.39 is 6.04 Å². The molecule has 3 N–H and O–H groups in total. The molecular weight excluding hydrogens is 404 g/mol. The lowest BCUT2D eigenvalue weighted by Crippen LogP contribution is -2.39. The van der Waals surface area contributed by atoms with Gasteiger partial charge in [-0.1, -0.05) is 11.6 Å². The molecule has 1 aliphatic heterocycles. The lowest BCUT2D eigenvalue weighted by atomic mass is 10.1. The molecule has 1 fully saturated rings. The molecule has 1 aromatic heterocycles. The van der Waals surface area contributed by atoms with Crippen molar-refractivity contribution in [1.29, 1.82) is 0 Å². The number of hydrogen-bond acceptors (Lipinski definition) is 4. The smallest absolute Gasteiger partial charge is 0.251 e. The quantitative estimate of drug-likeness (QED) is 0.529. The monoisotopic (exact) mass is 424 g/mol. The van der Waals surface area contributed by atoms with E-state index in [9.17, 15) is 14.4 Å². The summed E-state index contributed by atoms with van der Waals surface area (Å²) in [5.74, 6) is -0.698. The standard InChI is InChI=1S/C22H21ClN4O3/c1-13(28)26-16-3-5-17(6-4-16)27-21(29)11-20(22(27)30)24-9-8-14-12-25-19-7-2-15(23)10-18(14)19/h2-7,10,12,20,24-25H,8-9,11H2,1H3,(H,26,28)/t20-/m0/s1. The van der Waals surface area contributed by atoms with Crippen LogP contribution in [0.15, 0.2) is 48.7 Å². The third kappa shape index (κ3) is 4.08. The highest BCUT2D eigenvalue weighted by Gasteiger charge is 2.39. The summed E-state index contributed by atoms with van der Waals surface area (Å²) in [4.78, 5) is 40.8. The number of fused-ring (bicyclic) bond motifs is 1. The second-order valence-electron chi connectivity index (χ2n) is 7.26. The fourth-order valence-electron chi connectivity index (χ4n) is 3.70. The first-order chi connectivity index (χ1) is 14.4. The van der Waals surface area contributed by atoms with Gasteiger partial charge in [0.05, 0.1) is 18.2 Å². The SMILES string of the molecule is CC(=O)Nc1ccc(N2C(=O)C[C@H](NCCc3c[nH]c4ccc(Cl)cc34)C2=O)cc1. The van der Waals surface area contributed by atoms with E-state index in [1.165, 1.54) is 11.8 Å². The number of carbonyl (C=O) groups excluding carboxylic acids is 3. The van der Waals surface area contributed by atoms with Gasteiger partial charge in [0.15, 0.2) is 0 Å². The average Bonchev–Trinajstić information content (AvgIpc) is 3.22. The van der Waals surface area contributed by atoms with Gasteiger partial charge in [0.25, 0.3) is 5.91 Å². The first kappa shape index (κ1) is 20.1. The maximum atomic E-state index is 12.8. The Labute approximate surface area is 178 Å². The first-order valence-corrected chi connectivity index (χ1v) is 10.0. The van der Waals surface area contributed by atoms with Crippen molar-refractivity contribution in [2.24, 2.45) is 0 Å². The van der Waals surface area contributed by atoms with Crippen LogP contribution in [-0.4, -0.2) is 35.3 Å². The number of carbonyl (C=O) groups is 3. The Kier molecular flexibility index (Phi) is 5.57. The van der Waals surface area contributed by atoms with Crippen molar-refractivity contribution < 1.29 is 14.4 Å². The van der Waals surface area contributed by atoms with Crippen molar-refractivity contribution in [1.82, 2.24) is 10.3 Å². The van der Waals surface area contributed by atoms with E-state index in [2.05, 4.69) is 15.6 Å². The molecule has 8 heteroatoms. The maximum Gasteiger partial charge on any atom is 0.251 e. The normalized spacial score (nSPS) is 16.5. The number of H-pyrrole nitrogens is 1. The summed E-state index contributed by atoms with van der Waals surface area (Å²) < 4.78 is 0. The Morgan fingerprint density at radius 2 is 1.97 bits per heavy atom. The highest BCUT2D eigenvalue weighted by atomic mass is 35.5. The third-order valence-corrected chi connectivity index (χ3v) is 5.34. The Balaban J connectivity index is 1.39. The molecule has 0 spiro atoms. The van der Waals surface area contributed by atoms with Gasteiger partial charge in [-0.15, -0.1) is 0 Å². The number of nitrogens with one attached hydrogen (secondary N) is 3. The second-order valence-corrected chi connectivity index (χ2v) is 7.70. The summed E-state index contributed by atoms with van der Waals surface area (Å²) in [6.45, 7) is 1.97. The number of nitrogens with zero attached hydrogens (tertiary/aromatic N) is 1. The van der Waals surface area contributed by atoms with E-state index in [-0.39, 0.29) is 24.1 Å². The van der Waals surface area contributed by atoms with Crippen LogP contribution in [0.2, 0.25) is 5.02 Å².